The van der Waals surface area contributed by atoms with Gasteiger partial charge in [-0.25, -0.2) is 0 Å². The highest BCUT2D eigenvalue weighted by Crippen LogP contribution is 2.22. The van der Waals surface area contributed by atoms with E-state index in [9.17, 15) is 9.59 Å². The van der Waals surface area contributed by atoms with Gasteiger partial charge in [0.2, 0.25) is 5.91 Å². The van der Waals surface area contributed by atoms with E-state index in [0.29, 0.717) is 24.3 Å². The van der Waals surface area contributed by atoms with E-state index in [1.54, 1.807) is 19.0 Å². The topological polar surface area (TPSA) is 58.6 Å². The first-order valence-corrected chi connectivity index (χ1v) is 9.12. The summed E-state index contributed by atoms with van der Waals surface area (Å²) in [5, 5.41) is 2.83. The van der Waals surface area contributed by atoms with Crippen LogP contribution in [0.15, 0.2) is 46.9 Å². The van der Waals surface area contributed by atoms with E-state index >= 15 is 0 Å². The average molecular weight is 419 g/mol. The summed E-state index contributed by atoms with van der Waals surface area (Å²) in [6.45, 7) is 1.86. The van der Waals surface area contributed by atoms with Gasteiger partial charge in [-0.15, -0.1) is 0 Å². The summed E-state index contributed by atoms with van der Waals surface area (Å²) in [5.41, 5.74) is 2.66. The molecule has 2 amide bonds. The summed E-state index contributed by atoms with van der Waals surface area (Å²) >= 11 is 3.40. The number of amides is 2. The first kappa shape index (κ1) is 20.0. The zero-order valence-corrected chi connectivity index (χ0v) is 16.8. The molecule has 26 heavy (non-hydrogen) atoms. The van der Waals surface area contributed by atoms with Crippen molar-refractivity contribution < 1.29 is 14.3 Å². The van der Waals surface area contributed by atoms with E-state index in [1.807, 2.05) is 49.4 Å². The third-order valence-electron chi connectivity index (χ3n) is 3.83. The molecule has 2 rings (SSSR count). The molecule has 6 heteroatoms. The zero-order chi connectivity index (χ0) is 19.1. The quantitative estimate of drug-likeness (QED) is 0.743. The van der Waals surface area contributed by atoms with Crippen molar-refractivity contribution in [1.29, 1.82) is 0 Å². The summed E-state index contributed by atoms with van der Waals surface area (Å²) in [5.74, 6) is 0.533. The maximum atomic E-state index is 12.1. The van der Waals surface area contributed by atoms with Crippen molar-refractivity contribution in [2.24, 2.45) is 0 Å². The van der Waals surface area contributed by atoms with Crippen molar-refractivity contribution in [3.63, 3.8) is 0 Å². The van der Waals surface area contributed by atoms with Crippen LogP contribution >= 0.6 is 15.9 Å². The van der Waals surface area contributed by atoms with Gasteiger partial charge in [-0.2, -0.15) is 0 Å². The fraction of sp³-hybridized carbons (Fsp3) is 0.300. The minimum absolute atomic E-state index is 0.0637. The van der Waals surface area contributed by atoms with Gasteiger partial charge in [0.05, 0.1) is 0 Å². The number of carbonyl (C=O) groups is 2. The molecule has 0 atom stereocenters. The molecule has 2 aromatic rings. The van der Waals surface area contributed by atoms with Gasteiger partial charge in [0.25, 0.3) is 5.91 Å². The van der Waals surface area contributed by atoms with Crippen molar-refractivity contribution in [2.75, 3.05) is 26.0 Å². The van der Waals surface area contributed by atoms with Gasteiger partial charge in [0, 0.05) is 30.7 Å². The van der Waals surface area contributed by atoms with Crippen molar-refractivity contribution in [3.8, 4) is 5.75 Å². The van der Waals surface area contributed by atoms with Gasteiger partial charge in [-0.05, 0) is 54.8 Å². The standard InChI is InChI=1S/C20H23BrN2O3/c1-14-11-16(21)8-9-18(14)26-13-19(24)22-17-6-4-5-15(12-17)7-10-20(25)23(2)3/h4-6,8-9,11-12H,7,10,13H2,1-3H3,(H,22,24). The van der Waals surface area contributed by atoms with E-state index in [-0.39, 0.29) is 18.4 Å². The van der Waals surface area contributed by atoms with Gasteiger partial charge >= 0.3 is 0 Å². The molecule has 0 spiro atoms. The summed E-state index contributed by atoms with van der Waals surface area (Å²) in [4.78, 5) is 25.4. The lowest BCUT2D eigenvalue weighted by Gasteiger charge is -2.12. The summed E-state index contributed by atoms with van der Waals surface area (Å²) in [7, 11) is 3.48. The molecule has 0 heterocycles. The number of hydrogen-bond acceptors (Lipinski definition) is 3. The number of hydrogen-bond donors (Lipinski definition) is 1. The van der Waals surface area contributed by atoms with Crippen LogP contribution in [0.25, 0.3) is 0 Å². The molecular formula is C20H23BrN2O3. The number of rotatable bonds is 7. The van der Waals surface area contributed by atoms with Gasteiger partial charge < -0.3 is 15.0 Å². The third kappa shape index (κ3) is 6.19. The molecule has 1 N–H and O–H groups in total. The molecular weight excluding hydrogens is 396 g/mol. The number of ether oxygens (including phenoxy) is 1. The predicted molar refractivity (Wildman–Crippen MR) is 106 cm³/mol. The minimum atomic E-state index is -0.228. The lowest BCUT2D eigenvalue weighted by atomic mass is 10.1. The van der Waals surface area contributed by atoms with Crippen molar-refractivity contribution in [3.05, 3.63) is 58.1 Å². The minimum Gasteiger partial charge on any atom is -0.483 e. The van der Waals surface area contributed by atoms with Crippen LogP contribution in [0.3, 0.4) is 0 Å². The van der Waals surface area contributed by atoms with E-state index in [0.717, 1.165) is 15.6 Å². The Morgan fingerprint density at radius 1 is 1.15 bits per heavy atom. The molecule has 2 aromatic carbocycles. The molecule has 0 radical (unpaired) electrons. The number of aryl methyl sites for hydroxylation is 2. The van der Waals surface area contributed by atoms with Gasteiger partial charge in [-0.3, -0.25) is 9.59 Å². The summed E-state index contributed by atoms with van der Waals surface area (Å²) in [6.07, 6.45) is 1.08. The maximum Gasteiger partial charge on any atom is 0.262 e. The number of carbonyl (C=O) groups excluding carboxylic acids is 2. The van der Waals surface area contributed by atoms with Crippen LogP contribution in [0.1, 0.15) is 17.5 Å². The highest BCUT2D eigenvalue weighted by atomic mass is 79.9. The smallest absolute Gasteiger partial charge is 0.262 e. The molecule has 138 valence electrons. The van der Waals surface area contributed by atoms with Crippen molar-refractivity contribution in [1.82, 2.24) is 4.90 Å². The molecule has 0 fully saturated rings. The predicted octanol–water partition coefficient (Wildman–Crippen LogP) is 3.80. The largest absolute Gasteiger partial charge is 0.483 e. The summed E-state index contributed by atoms with van der Waals surface area (Å²) in [6, 6.07) is 13.1. The highest BCUT2D eigenvalue weighted by molar-refractivity contribution is 9.10. The number of nitrogens with one attached hydrogen (secondary N) is 1. The summed E-state index contributed by atoms with van der Waals surface area (Å²) < 4.78 is 6.55. The van der Waals surface area contributed by atoms with Crippen LogP contribution in [0.5, 0.6) is 5.75 Å². The van der Waals surface area contributed by atoms with Crippen LogP contribution in [0, 0.1) is 6.92 Å². The number of halogens is 1. The lowest BCUT2D eigenvalue weighted by Crippen LogP contribution is -2.22. The second-order valence-corrected chi connectivity index (χ2v) is 7.15. The van der Waals surface area contributed by atoms with Crippen LogP contribution in [0.2, 0.25) is 0 Å². The van der Waals surface area contributed by atoms with E-state index in [2.05, 4.69) is 21.2 Å². The maximum absolute atomic E-state index is 12.1. The Kier molecular flexibility index (Phi) is 7.21. The van der Waals surface area contributed by atoms with Crippen LogP contribution in [-0.2, 0) is 16.0 Å². The van der Waals surface area contributed by atoms with Crippen molar-refractivity contribution in [2.45, 2.75) is 19.8 Å². The molecule has 0 saturated heterocycles. The Morgan fingerprint density at radius 3 is 2.62 bits per heavy atom. The average Bonchev–Trinajstić information content (AvgIpc) is 2.59. The molecule has 0 bridgehead atoms. The van der Waals surface area contributed by atoms with Crippen molar-refractivity contribution >= 4 is 33.4 Å². The van der Waals surface area contributed by atoms with E-state index in [4.69, 9.17) is 4.74 Å². The SMILES string of the molecule is Cc1cc(Br)ccc1OCC(=O)Nc1cccc(CCC(=O)N(C)C)c1. The first-order chi connectivity index (χ1) is 12.3. The van der Waals surface area contributed by atoms with Crippen LogP contribution in [-0.4, -0.2) is 37.4 Å². The zero-order valence-electron chi connectivity index (χ0n) is 15.2. The van der Waals surface area contributed by atoms with Gasteiger partial charge in [0.1, 0.15) is 5.75 Å². The van der Waals surface area contributed by atoms with Crippen LogP contribution < -0.4 is 10.1 Å². The molecule has 0 aliphatic heterocycles. The molecule has 0 aliphatic carbocycles. The van der Waals surface area contributed by atoms with Crippen LogP contribution in [0.4, 0.5) is 5.69 Å². The van der Waals surface area contributed by atoms with E-state index in [1.165, 1.54) is 0 Å². The second kappa shape index (κ2) is 9.38. The molecule has 0 unspecified atom stereocenters. The Balaban J connectivity index is 1.88. The van der Waals surface area contributed by atoms with E-state index < -0.39 is 0 Å². The highest BCUT2D eigenvalue weighted by Gasteiger charge is 2.08. The Labute approximate surface area is 162 Å². The lowest BCUT2D eigenvalue weighted by molar-refractivity contribution is -0.128. The van der Waals surface area contributed by atoms with Gasteiger partial charge in [-0.1, -0.05) is 28.1 Å². The number of benzene rings is 2. The normalized spacial score (nSPS) is 10.3. The first-order valence-electron chi connectivity index (χ1n) is 8.33. The monoisotopic (exact) mass is 418 g/mol. The Hall–Kier alpha value is -2.34. The number of anilines is 1. The molecule has 0 aromatic heterocycles. The fourth-order valence-electron chi connectivity index (χ4n) is 2.39. The molecule has 0 saturated carbocycles. The molecule has 0 aliphatic rings. The van der Waals surface area contributed by atoms with Gasteiger partial charge in [0.15, 0.2) is 6.61 Å². The third-order valence-corrected chi connectivity index (χ3v) is 4.33. The second-order valence-electron chi connectivity index (χ2n) is 6.24. The molecule has 5 nitrogen and oxygen atoms in total. The number of nitrogens with zero attached hydrogens (tertiary/aromatic N) is 1. The fourth-order valence-corrected chi connectivity index (χ4v) is 2.87. The Bertz CT molecular complexity index is 790. The Morgan fingerprint density at radius 2 is 1.92 bits per heavy atom.